The van der Waals surface area contributed by atoms with Crippen molar-refractivity contribution in [3.05, 3.63) is 82.9 Å². The maximum atomic E-state index is 9.21. The molecule has 0 saturated heterocycles. The molecule has 0 bridgehead atoms. The van der Waals surface area contributed by atoms with Crippen LogP contribution in [0.1, 0.15) is 22.3 Å². The highest BCUT2D eigenvalue weighted by Crippen LogP contribution is 2.37. The van der Waals surface area contributed by atoms with E-state index in [0.717, 1.165) is 37.0 Å². The fourth-order valence-corrected chi connectivity index (χ4v) is 5.65. The molecule has 3 heterocycles. The normalized spacial score (nSPS) is 14.1. The van der Waals surface area contributed by atoms with Crippen molar-refractivity contribution in [1.29, 1.82) is 10.5 Å². The first-order valence-corrected chi connectivity index (χ1v) is 11.4. The van der Waals surface area contributed by atoms with Gasteiger partial charge in [0.25, 0.3) is 0 Å². The third-order valence-electron chi connectivity index (χ3n) is 5.29. The van der Waals surface area contributed by atoms with Crippen LogP contribution in [0.15, 0.2) is 65.7 Å². The van der Waals surface area contributed by atoms with Crippen molar-refractivity contribution in [1.82, 2.24) is 9.97 Å². The van der Waals surface area contributed by atoms with Crippen molar-refractivity contribution >= 4 is 59.2 Å². The van der Waals surface area contributed by atoms with E-state index < -0.39 is 0 Å². The molecule has 0 saturated carbocycles. The molecule has 32 heavy (non-hydrogen) atoms. The monoisotopic (exact) mass is 448 g/mol. The van der Waals surface area contributed by atoms with E-state index in [1.54, 1.807) is 23.5 Å². The summed E-state index contributed by atoms with van der Waals surface area (Å²) in [5, 5.41) is 19.9. The van der Waals surface area contributed by atoms with E-state index in [4.69, 9.17) is 9.98 Å². The molecule has 6 rings (SSSR count). The lowest BCUT2D eigenvalue weighted by Gasteiger charge is -2.14. The Morgan fingerprint density at radius 3 is 2.28 bits per heavy atom. The number of thiazole rings is 2. The Balaban J connectivity index is 1.49. The van der Waals surface area contributed by atoms with E-state index in [0.29, 0.717) is 22.8 Å². The molecule has 0 amide bonds. The molecule has 6 nitrogen and oxygen atoms in total. The third-order valence-corrected chi connectivity index (χ3v) is 7.24. The number of hydrogen-bond acceptors (Lipinski definition) is 7. The largest absolute Gasteiger partial charge is 0.297 e. The average Bonchev–Trinajstić information content (AvgIpc) is 3.52. The SMILES string of the molecule is N#Cc1ccc2nc(/N=C3\c4ccccc4CN3c3nc4ccc(C#N)cc4s3)sc2c1. The lowest BCUT2D eigenvalue weighted by Crippen LogP contribution is -2.23. The predicted octanol–water partition coefficient (Wildman–Crippen LogP) is 5.75. The van der Waals surface area contributed by atoms with Crippen molar-refractivity contribution in [2.24, 2.45) is 4.99 Å². The quantitative estimate of drug-likeness (QED) is 0.343. The predicted molar refractivity (Wildman–Crippen MR) is 127 cm³/mol. The summed E-state index contributed by atoms with van der Waals surface area (Å²) < 4.78 is 1.91. The number of benzene rings is 3. The van der Waals surface area contributed by atoms with Gasteiger partial charge in [-0.05, 0) is 42.0 Å². The van der Waals surface area contributed by atoms with Crippen molar-refractivity contribution < 1.29 is 0 Å². The van der Waals surface area contributed by atoms with Gasteiger partial charge in [-0.1, -0.05) is 46.9 Å². The minimum absolute atomic E-state index is 0.611. The maximum Gasteiger partial charge on any atom is 0.212 e. The fourth-order valence-electron chi connectivity index (χ4n) is 3.76. The molecule has 1 aliphatic heterocycles. The van der Waals surface area contributed by atoms with Gasteiger partial charge in [0.1, 0.15) is 5.84 Å². The summed E-state index contributed by atoms with van der Waals surface area (Å²) in [7, 11) is 0. The molecule has 0 aliphatic carbocycles. The van der Waals surface area contributed by atoms with Gasteiger partial charge in [-0.25, -0.2) is 15.0 Å². The number of amidine groups is 1. The highest BCUT2D eigenvalue weighted by atomic mass is 32.1. The topological polar surface area (TPSA) is 89.0 Å². The zero-order chi connectivity index (χ0) is 21.7. The van der Waals surface area contributed by atoms with Crippen molar-refractivity contribution in [2.45, 2.75) is 6.54 Å². The molecule has 0 unspecified atom stereocenters. The van der Waals surface area contributed by atoms with Gasteiger partial charge < -0.3 is 0 Å². The third kappa shape index (κ3) is 3.02. The number of nitrogens with zero attached hydrogens (tertiary/aromatic N) is 6. The first-order valence-electron chi connectivity index (χ1n) is 9.78. The molecule has 150 valence electrons. The Hall–Kier alpha value is -4.11. The van der Waals surface area contributed by atoms with E-state index in [2.05, 4.69) is 34.2 Å². The Kier molecular flexibility index (Phi) is 4.22. The number of nitriles is 2. The van der Waals surface area contributed by atoms with Crippen LogP contribution < -0.4 is 4.90 Å². The summed E-state index contributed by atoms with van der Waals surface area (Å²) in [6, 6.07) is 23.6. The Morgan fingerprint density at radius 1 is 0.844 bits per heavy atom. The Bertz CT molecular complexity index is 1650. The van der Waals surface area contributed by atoms with Gasteiger partial charge in [0.15, 0.2) is 5.13 Å². The molecule has 0 fully saturated rings. The highest BCUT2D eigenvalue weighted by molar-refractivity contribution is 7.22. The lowest BCUT2D eigenvalue weighted by atomic mass is 10.1. The number of rotatable bonds is 2. The van der Waals surface area contributed by atoms with Crippen LogP contribution in [0.25, 0.3) is 20.4 Å². The van der Waals surface area contributed by atoms with Gasteiger partial charge in [0.2, 0.25) is 5.13 Å². The minimum Gasteiger partial charge on any atom is -0.297 e. The molecule has 0 N–H and O–H groups in total. The molecule has 0 spiro atoms. The summed E-state index contributed by atoms with van der Waals surface area (Å²) >= 11 is 3.01. The first kappa shape index (κ1) is 18.6. The van der Waals surface area contributed by atoms with E-state index >= 15 is 0 Å². The zero-order valence-electron chi connectivity index (χ0n) is 16.5. The Labute approximate surface area is 191 Å². The van der Waals surface area contributed by atoms with E-state index in [9.17, 15) is 10.5 Å². The zero-order valence-corrected chi connectivity index (χ0v) is 18.1. The molecule has 0 radical (unpaired) electrons. The molecular weight excluding hydrogens is 436 g/mol. The second-order valence-corrected chi connectivity index (χ2v) is 9.28. The van der Waals surface area contributed by atoms with E-state index in [-0.39, 0.29) is 0 Å². The number of hydrogen-bond donors (Lipinski definition) is 0. The highest BCUT2D eigenvalue weighted by Gasteiger charge is 2.29. The maximum absolute atomic E-state index is 9.21. The number of fused-ring (bicyclic) bond motifs is 3. The van der Waals surface area contributed by atoms with Crippen LogP contribution in [0.5, 0.6) is 0 Å². The summed E-state index contributed by atoms with van der Waals surface area (Å²) in [6.07, 6.45) is 0. The van der Waals surface area contributed by atoms with Crippen LogP contribution in [0.4, 0.5) is 10.3 Å². The van der Waals surface area contributed by atoms with Gasteiger partial charge in [-0.2, -0.15) is 10.5 Å². The summed E-state index contributed by atoms with van der Waals surface area (Å²) in [5.41, 5.74) is 5.16. The molecule has 0 atom stereocenters. The lowest BCUT2D eigenvalue weighted by molar-refractivity contribution is 1.04. The van der Waals surface area contributed by atoms with Crippen molar-refractivity contribution in [3.8, 4) is 12.1 Å². The Morgan fingerprint density at radius 2 is 1.53 bits per heavy atom. The average molecular weight is 449 g/mol. The van der Waals surface area contributed by atoms with Crippen LogP contribution in [0, 0.1) is 22.7 Å². The second kappa shape index (κ2) is 7.24. The van der Waals surface area contributed by atoms with Crippen molar-refractivity contribution in [2.75, 3.05) is 4.90 Å². The molecule has 2 aromatic heterocycles. The van der Waals surface area contributed by atoms with E-state index in [1.165, 1.54) is 16.9 Å². The van der Waals surface area contributed by atoms with Crippen LogP contribution in [0.2, 0.25) is 0 Å². The molecule has 3 aromatic carbocycles. The number of aliphatic imine (C=N–C) groups is 1. The van der Waals surface area contributed by atoms with Crippen molar-refractivity contribution in [3.63, 3.8) is 0 Å². The molecular formula is C24H12N6S2. The number of aromatic nitrogens is 2. The standard InChI is InChI=1S/C24H12N6S2/c25-11-14-5-7-18-20(9-14)31-23(27-18)29-22-17-4-2-1-3-16(17)13-30(22)24-28-19-8-6-15(12-26)10-21(19)32-24/h1-10H,13H2/b29-22+. The van der Waals surface area contributed by atoms with Crippen LogP contribution in [0.3, 0.4) is 0 Å². The van der Waals surface area contributed by atoms with Gasteiger partial charge in [0, 0.05) is 5.56 Å². The summed E-state index contributed by atoms with van der Waals surface area (Å²) in [4.78, 5) is 16.5. The van der Waals surface area contributed by atoms with E-state index in [1.807, 2.05) is 36.4 Å². The van der Waals surface area contributed by atoms with Crippen LogP contribution in [-0.2, 0) is 6.54 Å². The van der Waals surface area contributed by atoms with Gasteiger partial charge in [0.05, 0.1) is 50.2 Å². The molecule has 5 aromatic rings. The second-order valence-electron chi connectivity index (χ2n) is 7.26. The minimum atomic E-state index is 0.611. The van der Waals surface area contributed by atoms with Gasteiger partial charge in [-0.15, -0.1) is 0 Å². The van der Waals surface area contributed by atoms with Gasteiger partial charge in [-0.3, -0.25) is 4.90 Å². The van der Waals surface area contributed by atoms with Crippen LogP contribution >= 0.6 is 22.7 Å². The van der Waals surface area contributed by atoms with Crippen LogP contribution in [-0.4, -0.2) is 15.8 Å². The fraction of sp³-hybridized carbons (Fsp3) is 0.0417. The summed E-state index contributed by atoms with van der Waals surface area (Å²) in [6.45, 7) is 0.670. The first-order chi connectivity index (χ1) is 15.7. The summed E-state index contributed by atoms with van der Waals surface area (Å²) in [5.74, 6) is 0.805. The van der Waals surface area contributed by atoms with Gasteiger partial charge >= 0.3 is 0 Å². The molecule has 1 aliphatic rings. The molecule has 8 heteroatoms. The smallest absolute Gasteiger partial charge is 0.212 e. The number of anilines is 1.